The van der Waals surface area contributed by atoms with Crippen molar-refractivity contribution < 1.29 is 4.74 Å². The van der Waals surface area contributed by atoms with Crippen LogP contribution in [-0.2, 0) is 6.42 Å². The molecule has 0 radical (unpaired) electrons. The summed E-state index contributed by atoms with van der Waals surface area (Å²) in [6.45, 7) is 0.611. The van der Waals surface area contributed by atoms with Crippen LogP contribution in [0.2, 0.25) is 5.02 Å². The van der Waals surface area contributed by atoms with Gasteiger partial charge >= 0.3 is 0 Å². The maximum absolute atomic E-state index is 6.19. The highest BCUT2D eigenvalue weighted by Crippen LogP contribution is 2.33. The average Bonchev–Trinajstić information content (AvgIpc) is 2.78. The molecule has 0 aliphatic carbocycles. The molecule has 5 heteroatoms. The monoisotopic (exact) mass is 268 g/mol. The van der Waals surface area contributed by atoms with Crippen LogP contribution < -0.4 is 10.5 Å². The van der Waals surface area contributed by atoms with E-state index in [-0.39, 0.29) is 0 Å². The third-order valence-corrected chi connectivity index (χ3v) is 3.60. The Morgan fingerprint density at radius 2 is 2.29 bits per heavy atom. The van der Waals surface area contributed by atoms with Gasteiger partial charge in [-0.05, 0) is 24.7 Å². The molecule has 90 valence electrons. The average molecular weight is 269 g/mol. The van der Waals surface area contributed by atoms with Gasteiger partial charge in [0.05, 0.1) is 17.8 Å². The number of rotatable bonds is 4. The van der Waals surface area contributed by atoms with Crippen LogP contribution in [0.1, 0.15) is 5.69 Å². The van der Waals surface area contributed by atoms with Crippen LogP contribution in [0, 0.1) is 0 Å². The lowest BCUT2D eigenvalue weighted by Gasteiger charge is -2.03. The van der Waals surface area contributed by atoms with Crippen LogP contribution >= 0.6 is 22.9 Å². The predicted molar refractivity (Wildman–Crippen MR) is 71.9 cm³/mol. The zero-order valence-corrected chi connectivity index (χ0v) is 11.0. The van der Waals surface area contributed by atoms with E-state index < -0.39 is 0 Å². The third kappa shape index (κ3) is 2.77. The summed E-state index contributed by atoms with van der Waals surface area (Å²) in [5.74, 6) is 0.748. The SMILES string of the molecule is COc1ccc(-c2nc(CCN)cs2)c(Cl)c1. The number of methoxy groups -OCH3 is 1. The standard InChI is InChI=1S/C12H13ClN2OS/c1-16-9-2-3-10(11(13)6-9)12-15-8(4-5-14)7-17-12/h2-3,6-7H,4-5,14H2,1H3. The van der Waals surface area contributed by atoms with Crippen LogP contribution in [0.25, 0.3) is 10.6 Å². The zero-order chi connectivity index (χ0) is 12.3. The summed E-state index contributed by atoms with van der Waals surface area (Å²) in [5, 5.41) is 3.59. The van der Waals surface area contributed by atoms with Crippen molar-refractivity contribution >= 4 is 22.9 Å². The Morgan fingerprint density at radius 1 is 1.47 bits per heavy atom. The van der Waals surface area contributed by atoms with Crippen LogP contribution in [0.15, 0.2) is 23.6 Å². The van der Waals surface area contributed by atoms with E-state index in [0.29, 0.717) is 11.6 Å². The first-order valence-corrected chi connectivity index (χ1v) is 6.48. The summed E-state index contributed by atoms with van der Waals surface area (Å²) in [5.41, 5.74) is 7.44. The van der Waals surface area contributed by atoms with Crippen LogP contribution in [0.4, 0.5) is 0 Å². The largest absolute Gasteiger partial charge is 0.497 e. The van der Waals surface area contributed by atoms with E-state index in [4.69, 9.17) is 22.1 Å². The van der Waals surface area contributed by atoms with Crippen molar-refractivity contribution in [2.24, 2.45) is 5.73 Å². The van der Waals surface area contributed by atoms with Crippen LogP contribution in [0.3, 0.4) is 0 Å². The van der Waals surface area contributed by atoms with E-state index in [1.165, 1.54) is 0 Å². The number of hydrogen-bond acceptors (Lipinski definition) is 4. The molecule has 0 aliphatic heterocycles. The molecule has 0 amide bonds. The first-order valence-electron chi connectivity index (χ1n) is 5.23. The molecule has 0 atom stereocenters. The molecule has 0 fully saturated rings. The summed E-state index contributed by atoms with van der Waals surface area (Å²) in [6, 6.07) is 5.60. The fourth-order valence-electron chi connectivity index (χ4n) is 1.49. The van der Waals surface area contributed by atoms with Crippen LogP contribution in [0.5, 0.6) is 5.75 Å². The fraction of sp³-hybridized carbons (Fsp3) is 0.250. The molecule has 17 heavy (non-hydrogen) atoms. The molecule has 2 rings (SSSR count). The molecule has 1 aromatic heterocycles. The molecule has 0 saturated carbocycles. The van der Waals surface area contributed by atoms with Gasteiger partial charge in [-0.25, -0.2) is 4.98 Å². The van der Waals surface area contributed by atoms with Gasteiger partial charge in [0.15, 0.2) is 0 Å². The van der Waals surface area contributed by atoms with Gasteiger partial charge in [-0.2, -0.15) is 0 Å². The third-order valence-electron chi connectivity index (χ3n) is 2.36. The van der Waals surface area contributed by atoms with Gasteiger partial charge in [0, 0.05) is 17.4 Å². The number of aromatic nitrogens is 1. The van der Waals surface area contributed by atoms with Crippen molar-refractivity contribution in [2.75, 3.05) is 13.7 Å². The second-order valence-corrected chi connectivity index (χ2v) is 4.79. The Balaban J connectivity index is 2.32. The molecule has 2 aromatic rings. The highest BCUT2D eigenvalue weighted by molar-refractivity contribution is 7.13. The highest BCUT2D eigenvalue weighted by atomic mass is 35.5. The highest BCUT2D eigenvalue weighted by Gasteiger charge is 2.09. The zero-order valence-electron chi connectivity index (χ0n) is 9.44. The molecule has 1 aromatic carbocycles. The van der Waals surface area contributed by atoms with Crippen molar-refractivity contribution in [3.63, 3.8) is 0 Å². The van der Waals surface area contributed by atoms with Crippen molar-refractivity contribution in [1.82, 2.24) is 4.98 Å². The first-order chi connectivity index (χ1) is 8.24. The number of ether oxygens (including phenoxy) is 1. The van der Waals surface area contributed by atoms with E-state index in [1.807, 2.05) is 17.5 Å². The van der Waals surface area contributed by atoms with Crippen molar-refractivity contribution in [2.45, 2.75) is 6.42 Å². The van der Waals surface area contributed by atoms with Crippen molar-refractivity contribution in [3.8, 4) is 16.3 Å². The van der Waals surface area contributed by atoms with E-state index >= 15 is 0 Å². The number of benzene rings is 1. The normalized spacial score (nSPS) is 10.5. The second kappa shape index (κ2) is 5.49. The maximum atomic E-state index is 6.19. The molecule has 0 bridgehead atoms. The van der Waals surface area contributed by atoms with Crippen LogP contribution in [-0.4, -0.2) is 18.6 Å². The van der Waals surface area contributed by atoms with Gasteiger partial charge in [0.25, 0.3) is 0 Å². The molecule has 0 saturated heterocycles. The van der Waals surface area contributed by atoms with Gasteiger partial charge < -0.3 is 10.5 Å². The van der Waals surface area contributed by atoms with Gasteiger partial charge in [-0.15, -0.1) is 11.3 Å². The Morgan fingerprint density at radius 3 is 2.94 bits per heavy atom. The smallest absolute Gasteiger partial charge is 0.125 e. The minimum Gasteiger partial charge on any atom is -0.497 e. The van der Waals surface area contributed by atoms with Gasteiger partial charge in [0.1, 0.15) is 10.8 Å². The van der Waals surface area contributed by atoms with Crippen molar-refractivity contribution in [1.29, 1.82) is 0 Å². The second-order valence-electron chi connectivity index (χ2n) is 3.53. The minimum absolute atomic E-state index is 0.611. The van der Waals surface area contributed by atoms with E-state index in [0.717, 1.165) is 28.4 Å². The number of halogens is 1. The van der Waals surface area contributed by atoms with E-state index in [9.17, 15) is 0 Å². The summed E-state index contributed by atoms with van der Waals surface area (Å²) >= 11 is 7.77. The molecule has 1 heterocycles. The van der Waals surface area contributed by atoms with Gasteiger partial charge in [0.2, 0.25) is 0 Å². The molecule has 3 nitrogen and oxygen atoms in total. The molecular weight excluding hydrogens is 256 g/mol. The summed E-state index contributed by atoms with van der Waals surface area (Å²) < 4.78 is 5.11. The minimum atomic E-state index is 0.611. The number of nitrogens with zero attached hydrogens (tertiary/aromatic N) is 1. The van der Waals surface area contributed by atoms with E-state index in [1.54, 1.807) is 24.5 Å². The first kappa shape index (κ1) is 12.4. The lowest BCUT2D eigenvalue weighted by atomic mass is 10.2. The molecule has 0 spiro atoms. The Kier molecular flexibility index (Phi) is 3.99. The lowest BCUT2D eigenvalue weighted by molar-refractivity contribution is 0.415. The van der Waals surface area contributed by atoms with Gasteiger partial charge in [-0.3, -0.25) is 0 Å². The summed E-state index contributed by atoms with van der Waals surface area (Å²) in [6.07, 6.45) is 0.796. The Labute approximate surface area is 109 Å². The van der Waals surface area contributed by atoms with Crippen molar-refractivity contribution in [3.05, 3.63) is 34.3 Å². The number of nitrogens with two attached hydrogens (primary N) is 1. The summed E-state index contributed by atoms with van der Waals surface area (Å²) in [7, 11) is 1.62. The maximum Gasteiger partial charge on any atom is 0.125 e. The number of hydrogen-bond donors (Lipinski definition) is 1. The topological polar surface area (TPSA) is 48.1 Å². The molecule has 2 N–H and O–H groups in total. The Hall–Kier alpha value is -1.10. The van der Waals surface area contributed by atoms with Gasteiger partial charge in [-0.1, -0.05) is 11.6 Å². The van der Waals surface area contributed by atoms with E-state index in [2.05, 4.69) is 4.98 Å². The predicted octanol–water partition coefficient (Wildman–Crippen LogP) is 2.97. The molecule has 0 aliphatic rings. The molecule has 0 unspecified atom stereocenters. The number of thiazole rings is 1. The Bertz CT molecular complexity index is 513. The summed E-state index contributed by atoms with van der Waals surface area (Å²) in [4.78, 5) is 4.50. The fourth-order valence-corrected chi connectivity index (χ4v) is 2.70. The lowest BCUT2D eigenvalue weighted by Crippen LogP contribution is -2.02. The molecular formula is C12H13ClN2OS. The quantitative estimate of drug-likeness (QED) is 0.927.